The summed E-state index contributed by atoms with van der Waals surface area (Å²) >= 11 is 0. The zero-order valence-corrected chi connectivity index (χ0v) is 9.24. The van der Waals surface area contributed by atoms with Gasteiger partial charge in [-0.2, -0.15) is 10.5 Å². The van der Waals surface area contributed by atoms with Crippen LogP contribution in [-0.4, -0.2) is 13.6 Å². The average molecular weight is 217 g/mol. The first kappa shape index (κ1) is 12.0. The highest BCUT2D eigenvalue weighted by Gasteiger charge is 2.11. The third-order valence-corrected chi connectivity index (χ3v) is 2.26. The van der Waals surface area contributed by atoms with Crippen LogP contribution >= 0.6 is 0 Å². The second-order valence-electron chi connectivity index (χ2n) is 3.69. The monoisotopic (exact) mass is 217 g/mol. The molecule has 1 rings (SSSR count). The Morgan fingerprint density at radius 1 is 1.44 bits per heavy atom. The maximum atomic E-state index is 13.6. The molecule has 0 aliphatic heterocycles. The molecule has 0 bridgehead atoms. The molecule has 1 aromatic carbocycles. The summed E-state index contributed by atoms with van der Waals surface area (Å²) in [6.45, 7) is 2.23. The lowest BCUT2D eigenvalue weighted by molar-refractivity contribution is 0.614. The van der Waals surface area contributed by atoms with E-state index in [1.165, 1.54) is 6.07 Å². The number of halogens is 1. The van der Waals surface area contributed by atoms with Crippen molar-refractivity contribution in [3.05, 3.63) is 29.6 Å². The average Bonchev–Trinajstić information content (AvgIpc) is 2.28. The Morgan fingerprint density at radius 3 is 2.62 bits per heavy atom. The predicted molar refractivity (Wildman–Crippen MR) is 59.2 cm³/mol. The second-order valence-corrected chi connectivity index (χ2v) is 3.69. The number of nitriles is 2. The minimum Gasteiger partial charge on any atom is -0.371 e. The van der Waals surface area contributed by atoms with Crippen LogP contribution in [0.2, 0.25) is 0 Å². The number of hydrogen-bond donors (Lipinski definition) is 0. The fourth-order valence-electron chi connectivity index (χ4n) is 1.44. The highest BCUT2D eigenvalue weighted by atomic mass is 19.1. The van der Waals surface area contributed by atoms with Gasteiger partial charge in [-0.25, -0.2) is 4.39 Å². The third-order valence-electron chi connectivity index (χ3n) is 2.26. The van der Waals surface area contributed by atoms with Crippen LogP contribution in [0.4, 0.5) is 10.1 Å². The van der Waals surface area contributed by atoms with Crippen molar-refractivity contribution in [3.63, 3.8) is 0 Å². The summed E-state index contributed by atoms with van der Waals surface area (Å²) in [6.07, 6.45) is 0. The Balaban J connectivity index is 2.89. The van der Waals surface area contributed by atoms with Crippen LogP contribution in [0.5, 0.6) is 0 Å². The van der Waals surface area contributed by atoms with Crippen LogP contribution < -0.4 is 4.90 Å². The van der Waals surface area contributed by atoms with Gasteiger partial charge in [-0.3, -0.25) is 0 Å². The normalized spacial score (nSPS) is 11.3. The van der Waals surface area contributed by atoms with Gasteiger partial charge in [0.15, 0.2) is 0 Å². The van der Waals surface area contributed by atoms with Gasteiger partial charge >= 0.3 is 0 Å². The summed E-state index contributed by atoms with van der Waals surface area (Å²) in [5.74, 6) is -0.605. The minimum absolute atomic E-state index is 0.167. The molecule has 0 amide bonds. The summed E-state index contributed by atoms with van der Waals surface area (Å²) in [7, 11) is 1.72. The Bertz CT molecular complexity index is 456. The maximum Gasteiger partial charge on any atom is 0.147 e. The summed E-state index contributed by atoms with van der Waals surface area (Å²) in [4.78, 5) is 1.67. The molecular formula is C12H12FN3. The van der Waals surface area contributed by atoms with Crippen LogP contribution in [0.25, 0.3) is 0 Å². The summed E-state index contributed by atoms with van der Waals surface area (Å²) in [5.41, 5.74) is 0.698. The standard InChI is InChI=1S/C12H12FN3/c1-9(6-14)8-16(2)12-4-3-10(7-15)5-11(12)13/h3-5,9H,8H2,1-2H3. The van der Waals surface area contributed by atoms with Gasteiger partial charge in [-0.05, 0) is 25.1 Å². The Labute approximate surface area is 94.3 Å². The van der Waals surface area contributed by atoms with Crippen LogP contribution in [0, 0.1) is 34.4 Å². The molecule has 3 nitrogen and oxygen atoms in total. The molecule has 1 unspecified atom stereocenters. The molecule has 1 aromatic rings. The van der Waals surface area contributed by atoms with Crippen molar-refractivity contribution >= 4 is 5.69 Å². The van der Waals surface area contributed by atoms with E-state index in [-0.39, 0.29) is 5.92 Å². The van der Waals surface area contributed by atoms with Crippen molar-refractivity contribution in [2.24, 2.45) is 5.92 Å². The molecule has 0 aliphatic carbocycles. The molecule has 1 atom stereocenters. The van der Waals surface area contributed by atoms with E-state index in [1.54, 1.807) is 31.0 Å². The lowest BCUT2D eigenvalue weighted by atomic mass is 10.1. The number of nitrogens with zero attached hydrogens (tertiary/aromatic N) is 3. The molecule has 0 saturated heterocycles. The number of hydrogen-bond acceptors (Lipinski definition) is 3. The van der Waals surface area contributed by atoms with Crippen molar-refractivity contribution in [2.45, 2.75) is 6.92 Å². The van der Waals surface area contributed by atoms with Gasteiger partial charge < -0.3 is 4.90 Å². The number of rotatable bonds is 3. The van der Waals surface area contributed by atoms with E-state index in [2.05, 4.69) is 6.07 Å². The lowest BCUT2D eigenvalue weighted by Crippen LogP contribution is -2.24. The zero-order chi connectivity index (χ0) is 12.1. The molecule has 0 saturated carbocycles. The Kier molecular flexibility index (Phi) is 3.85. The van der Waals surface area contributed by atoms with Crippen molar-refractivity contribution in [1.82, 2.24) is 0 Å². The number of anilines is 1. The molecule has 0 fully saturated rings. The van der Waals surface area contributed by atoms with Crippen molar-refractivity contribution in [1.29, 1.82) is 10.5 Å². The van der Waals surface area contributed by atoms with E-state index in [0.29, 0.717) is 17.8 Å². The molecule has 0 heterocycles. The molecule has 0 aromatic heterocycles. The van der Waals surface area contributed by atoms with Gasteiger partial charge in [0.25, 0.3) is 0 Å². The predicted octanol–water partition coefficient (Wildman–Crippen LogP) is 2.29. The van der Waals surface area contributed by atoms with Gasteiger partial charge in [-0.1, -0.05) is 0 Å². The third kappa shape index (κ3) is 2.71. The Morgan fingerprint density at radius 2 is 2.12 bits per heavy atom. The molecule has 0 radical (unpaired) electrons. The summed E-state index contributed by atoms with van der Waals surface area (Å²) < 4.78 is 13.6. The van der Waals surface area contributed by atoms with E-state index in [4.69, 9.17) is 10.5 Å². The fraction of sp³-hybridized carbons (Fsp3) is 0.333. The van der Waals surface area contributed by atoms with Crippen molar-refractivity contribution < 1.29 is 4.39 Å². The largest absolute Gasteiger partial charge is 0.371 e. The lowest BCUT2D eigenvalue weighted by Gasteiger charge is -2.20. The van der Waals surface area contributed by atoms with Gasteiger partial charge in [0.05, 0.1) is 29.3 Å². The zero-order valence-electron chi connectivity index (χ0n) is 9.24. The van der Waals surface area contributed by atoms with Gasteiger partial charge in [0, 0.05) is 13.6 Å². The maximum absolute atomic E-state index is 13.6. The molecular weight excluding hydrogens is 205 g/mol. The van der Waals surface area contributed by atoms with Crippen molar-refractivity contribution in [3.8, 4) is 12.1 Å². The van der Waals surface area contributed by atoms with Crippen LogP contribution in [0.1, 0.15) is 12.5 Å². The van der Waals surface area contributed by atoms with Crippen LogP contribution in [0.3, 0.4) is 0 Å². The second kappa shape index (κ2) is 5.14. The van der Waals surface area contributed by atoms with Crippen LogP contribution in [0.15, 0.2) is 18.2 Å². The fourth-order valence-corrected chi connectivity index (χ4v) is 1.44. The molecule has 0 N–H and O–H groups in total. The molecule has 0 spiro atoms. The van der Waals surface area contributed by atoms with E-state index in [1.807, 2.05) is 6.07 Å². The first-order valence-corrected chi connectivity index (χ1v) is 4.89. The SMILES string of the molecule is CC(C#N)CN(C)c1ccc(C#N)cc1F. The van der Waals surface area contributed by atoms with E-state index >= 15 is 0 Å². The first-order chi connectivity index (χ1) is 7.58. The summed E-state index contributed by atoms with van der Waals surface area (Å²) in [5, 5.41) is 17.3. The van der Waals surface area contributed by atoms with E-state index in [0.717, 1.165) is 0 Å². The highest BCUT2D eigenvalue weighted by Crippen LogP contribution is 2.19. The quantitative estimate of drug-likeness (QED) is 0.780. The smallest absolute Gasteiger partial charge is 0.147 e. The van der Waals surface area contributed by atoms with Gasteiger partial charge in [0.1, 0.15) is 5.82 Å². The topological polar surface area (TPSA) is 50.8 Å². The van der Waals surface area contributed by atoms with Gasteiger partial charge in [0.2, 0.25) is 0 Å². The van der Waals surface area contributed by atoms with Crippen molar-refractivity contribution in [2.75, 3.05) is 18.5 Å². The molecule has 0 aliphatic rings. The molecule has 4 heteroatoms. The first-order valence-electron chi connectivity index (χ1n) is 4.89. The highest BCUT2D eigenvalue weighted by molar-refractivity contribution is 5.50. The number of benzene rings is 1. The Hall–Kier alpha value is -2.07. The van der Waals surface area contributed by atoms with E-state index in [9.17, 15) is 4.39 Å². The van der Waals surface area contributed by atoms with Crippen LogP contribution in [-0.2, 0) is 0 Å². The summed E-state index contributed by atoms with van der Waals surface area (Å²) in [6, 6.07) is 8.28. The minimum atomic E-state index is -0.438. The van der Waals surface area contributed by atoms with E-state index < -0.39 is 5.82 Å². The van der Waals surface area contributed by atoms with Gasteiger partial charge in [-0.15, -0.1) is 0 Å². The molecule has 82 valence electrons. The molecule has 16 heavy (non-hydrogen) atoms.